The highest BCUT2D eigenvalue weighted by Crippen LogP contribution is 2.39. The minimum atomic E-state index is -1.05. The van der Waals surface area contributed by atoms with Crippen LogP contribution in [-0.4, -0.2) is 69.9 Å². The molecule has 13 heteroatoms. The fraction of sp³-hybridized carbons (Fsp3) is 0.179. The number of aromatic amines is 2. The number of amides is 2. The molecule has 3 aromatic carbocycles. The van der Waals surface area contributed by atoms with E-state index in [9.17, 15) is 19.5 Å². The first-order valence-corrected chi connectivity index (χ1v) is 17.6. The standard InChI is InChI=1S/C39H34N8O4S/c1-5-29-27(20-33(40-29)38(50)51)25-14-16-46(21(25)2)37(49)32-19-28-26-15-17-47(34(26)13-12-30(28)41-32)36(48)22-6-11-31-35(18-22)52-39(42-31)44-43-23-7-9-24(10-8-23)45(3)4/h5-13,18-20,40-41H,1,14-17H2,2-4H3,(H,50,51)/b44-43+. The fourth-order valence-electron chi connectivity index (χ4n) is 7.06. The summed E-state index contributed by atoms with van der Waals surface area (Å²) in [7, 11) is 3.97. The van der Waals surface area contributed by atoms with Gasteiger partial charge in [0.1, 0.15) is 11.4 Å². The summed E-state index contributed by atoms with van der Waals surface area (Å²) in [6.45, 7) is 6.69. The Morgan fingerprint density at radius 1 is 0.923 bits per heavy atom. The molecule has 0 atom stereocenters. The molecular formula is C39H34N8O4S. The number of hydrogen-bond acceptors (Lipinski definition) is 8. The molecule has 12 nitrogen and oxygen atoms in total. The zero-order valence-corrected chi connectivity index (χ0v) is 29.5. The van der Waals surface area contributed by atoms with Gasteiger partial charge in [0, 0.05) is 72.0 Å². The van der Waals surface area contributed by atoms with Crippen molar-refractivity contribution in [2.45, 2.75) is 19.8 Å². The Morgan fingerprint density at radius 3 is 2.46 bits per heavy atom. The summed E-state index contributed by atoms with van der Waals surface area (Å²) in [6, 6.07) is 20.6. The molecule has 6 aromatic rings. The first kappa shape index (κ1) is 32.8. The van der Waals surface area contributed by atoms with E-state index < -0.39 is 5.97 Å². The van der Waals surface area contributed by atoms with Crippen LogP contribution < -0.4 is 9.80 Å². The van der Waals surface area contributed by atoms with E-state index in [1.807, 2.05) is 80.5 Å². The molecule has 5 heterocycles. The predicted octanol–water partition coefficient (Wildman–Crippen LogP) is 8.41. The summed E-state index contributed by atoms with van der Waals surface area (Å²) in [5.74, 6) is -1.33. The smallest absolute Gasteiger partial charge is 0.352 e. The van der Waals surface area contributed by atoms with Gasteiger partial charge in [-0.15, -0.1) is 10.2 Å². The minimum Gasteiger partial charge on any atom is -0.477 e. The number of H-pyrrole nitrogens is 2. The molecule has 0 aliphatic carbocycles. The average Bonchev–Trinajstić information content (AvgIpc) is 3.98. The molecule has 52 heavy (non-hydrogen) atoms. The highest BCUT2D eigenvalue weighted by Gasteiger charge is 2.31. The van der Waals surface area contributed by atoms with Crippen LogP contribution in [0.3, 0.4) is 0 Å². The van der Waals surface area contributed by atoms with Crippen LogP contribution in [0, 0.1) is 0 Å². The van der Waals surface area contributed by atoms with Crippen molar-refractivity contribution in [3.63, 3.8) is 0 Å². The van der Waals surface area contributed by atoms with Crippen LogP contribution in [0.2, 0.25) is 0 Å². The van der Waals surface area contributed by atoms with Crippen LogP contribution in [0.4, 0.5) is 22.2 Å². The van der Waals surface area contributed by atoms with Crippen molar-refractivity contribution in [1.82, 2.24) is 19.9 Å². The van der Waals surface area contributed by atoms with E-state index in [1.54, 1.807) is 28.0 Å². The second kappa shape index (κ2) is 12.8. The van der Waals surface area contributed by atoms with E-state index in [4.69, 9.17) is 0 Å². The van der Waals surface area contributed by atoms with E-state index in [-0.39, 0.29) is 17.5 Å². The maximum absolute atomic E-state index is 13.9. The number of nitrogens with one attached hydrogen (secondary N) is 2. The number of aromatic carboxylic acids is 1. The van der Waals surface area contributed by atoms with Gasteiger partial charge >= 0.3 is 5.97 Å². The van der Waals surface area contributed by atoms with Crippen LogP contribution >= 0.6 is 11.3 Å². The van der Waals surface area contributed by atoms with Crippen molar-refractivity contribution >= 4 is 84.1 Å². The van der Waals surface area contributed by atoms with Crippen molar-refractivity contribution in [3.05, 3.63) is 113 Å². The lowest BCUT2D eigenvalue weighted by Crippen LogP contribution is -2.28. The van der Waals surface area contributed by atoms with Gasteiger partial charge in [0.15, 0.2) is 0 Å². The number of carbonyl (C=O) groups is 3. The van der Waals surface area contributed by atoms with Crippen molar-refractivity contribution in [2.75, 3.05) is 37.0 Å². The molecule has 3 aromatic heterocycles. The lowest BCUT2D eigenvalue weighted by molar-refractivity contribution is 0.0690. The van der Waals surface area contributed by atoms with Crippen LogP contribution in [0.1, 0.15) is 61.5 Å². The Balaban J connectivity index is 1.01. The van der Waals surface area contributed by atoms with Crippen molar-refractivity contribution in [1.29, 1.82) is 0 Å². The zero-order valence-electron chi connectivity index (χ0n) is 28.7. The number of rotatable bonds is 8. The number of benzene rings is 3. The molecule has 0 radical (unpaired) electrons. The molecule has 0 saturated heterocycles. The monoisotopic (exact) mass is 710 g/mol. The summed E-state index contributed by atoms with van der Waals surface area (Å²) < 4.78 is 0.848. The Morgan fingerprint density at radius 2 is 1.71 bits per heavy atom. The molecule has 260 valence electrons. The SMILES string of the molecule is C=Cc1[nH]c(C(=O)O)cc1C1=C(C)N(C(=O)c2cc3c4c(ccc3[nH]2)N(C(=O)c2ccc3nc(/N=N/c5ccc(N(C)C)cc5)sc3c2)CC4)CC1. The molecule has 2 amide bonds. The van der Waals surface area contributed by atoms with Gasteiger partial charge in [0.25, 0.3) is 11.8 Å². The van der Waals surface area contributed by atoms with Crippen molar-refractivity contribution in [3.8, 4) is 0 Å². The van der Waals surface area contributed by atoms with Gasteiger partial charge in [0.2, 0.25) is 5.13 Å². The summed E-state index contributed by atoms with van der Waals surface area (Å²) in [6.07, 6.45) is 2.84. The highest BCUT2D eigenvalue weighted by molar-refractivity contribution is 7.21. The summed E-state index contributed by atoms with van der Waals surface area (Å²) in [5.41, 5.74) is 9.33. The molecule has 0 fully saturated rings. The maximum atomic E-state index is 13.9. The van der Waals surface area contributed by atoms with Gasteiger partial charge < -0.3 is 29.8 Å². The minimum absolute atomic E-state index is 0.0751. The zero-order chi connectivity index (χ0) is 36.3. The molecular weight excluding hydrogens is 677 g/mol. The third kappa shape index (κ3) is 5.64. The number of carbonyl (C=O) groups excluding carboxylic acids is 2. The first-order valence-electron chi connectivity index (χ1n) is 16.8. The molecule has 2 aliphatic rings. The molecule has 8 rings (SSSR count). The third-order valence-electron chi connectivity index (χ3n) is 9.76. The van der Waals surface area contributed by atoms with Gasteiger partial charge in [-0.2, -0.15) is 0 Å². The van der Waals surface area contributed by atoms with Crippen LogP contribution in [-0.2, 0) is 6.42 Å². The lowest BCUT2D eigenvalue weighted by atomic mass is 10.0. The highest BCUT2D eigenvalue weighted by atomic mass is 32.1. The molecule has 0 unspecified atom stereocenters. The largest absolute Gasteiger partial charge is 0.477 e. The second-order valence-corrected chi connectivity index (χ2v) is 14.0. The average molecular weight is 711 g/mol. The fourth-order valence-corrected chi connectivity index (χ4v) is 7.89. The maximum Gasteiger partial charge on any atom is 0.352 e. The molecule has 0 saturated carbocycles. The number of anilines is 2. The number of hydrogen-bond donors (Lipinski definition) is 3. The number of nitrogens with zero attached hydrogens (tertiary/aromatic N) is 6. The van der Waals surface area contributed by atoms with E-state index >= 15 is 0 Å². The Bertz CT molecular complexity index is 2520. The summed E-state index contributed by atoms with van der Waals surface area (Å²) in [4.78, 5) is 55.6. The first-order chi connectivity index (χ1) is 25.1. The van der Waals surface area contributed by atoms with Gasteiger partial charge in [-0.05, 0) is 104 Å². The van der Waals surface area contributed by atoms with Gasteiger partial charge in [-0.3, -0.25) is 9.59 Å². The van der Waals surface area contributed by atoms with Crippen LogP contribution in [0.25, 0.3) is 32.8 Å². The summed E-state index contributed by atoms with van der Waals surface area (Å²) >= 11 is 1.38. The van der Waals surface area contributed by atoms with Gasteiger partial charge in [-0.1, -0.05) is 17.9 Å². The number of allylic oxidation sites excluding steroid dienone is 1. The van der Waals surface area contributed by atoms with E-state index in [0.717, 1.165) is 60.6 Å². The predicted molar refractivity (Wildman–Crippen MR) is 204 cm³/mol. The van der Waals surface area contributed by atoms with Crippen LogP contribution in [0.5, 0.6) is 0 Å². The van der Waals surface area contributed by atoms with E-state index in [0.29, 0.717) is 48.0 Å². The molecule has 2 aliphatic heterocycles. The topological polar surface area (TPSA) is 150 Å². The second-order valence-electron chi connectivity index (χ2n) is 13.0. The Hall–Kier alpha value is -6.34. The molecule has 3 N–H and O–H groups in total. The van der Waals surface area contributed by atoms with Gasteiger partial charge in [0.05, 0.1) is 15.9 Å². The number of thiazole rings is 1. The normalized spacial score (nSPS) is 14.3. The van der Waals surface area contributed by atoms with E-state index in [1.165, 1.54) is 11.3 Å². The molecule has 0 bridgehead atoms. The quantitative estimate of drug-likeness (QED) is 0.135. The summed E-state index contributed by atoms with van der Waals surface area (Å²) in [5, 5.41) is 19.6. The number of fused-ring (bicyclic) bond motifs is 4. The number of azo groups is 1. The Labute approximate surface area is 302 Å². The number of carboxylic acids is 1. The van der Waals surface area contributed by atoms with Crippen molar-refractivity contribution in [2.24, 2.45) is 10.2 Å². The number of carboxylic acid groups (broad SMARTS) is 1. The van der Waals surface area contributed by atoms with Crippen molar-refractivity contribution < 1.29 is 19.5 Å². The number of aromatic nitrogens is 3. The lowest BCUT2D eigenvalue weighted by Gasteiger charge is -2.17. The Kier molecular flexibility index (Phi) is 8.06. The third-order valence-corrected chi connectivity index (χ3v) is 10.7. The van der Waals surface area contributed by atoms with Crippen LogP contribution in [0.15, 0.2) is 89.2 Å². The van der Waals surface area contributed by atoms with E-state index in [2.05, 4.69) is 31.8 Å². The van der Waals surface area contributed by atoms with Gasteiger partial charge in [-0.25, -0.2) is 9.78 Å². The molecule has 0 spiro atoms.